The molecule has 1 aromatic heterocycles. The maximum absolute atomic E-state index is 13.1. The van der Waals surface area contributed by atoms with Crippen LogP contribution in [0.4, 0.5) is 18.0 Å². The van der Waals surface area contributed by atoms with Gasteiger partial charge in [0.1, 0.15) is 6.54 Å². The first-order valence-corrected chi connectivity index (χ1v) is 10.1. The highest BCUT2D eigenvalue weighted by Gasteiger charge is 2.48. The van der Waals surface area contributed by atoms with E-state index in [0.717, 1.165) is 18.0 Å². The number of nitrogens with zero attached hydrogens (tertiary/aromatic N) is 4. The third kappa shape index (κ3) is 4.89. The summed E-state index contributed by atoms with van der Waals surface area (Å²) < 4.78 is 43.5. The Labute approximate surface area is 180 Å². The van der Waals surface area contributed by atoms with Crippen molar-refractivity contribution in [3.63, 3.8) is 0 Å². The number of ether oxygens (including phenoxy) is 1. The van der Waals surface area contributed by atoms with Crippen LogP contribution in [-0.2, 0) is 16.1 Å². The summed E-state index contributed by atoms with van der Waals surface area (Å²) in [6.07, 6.45) is -4.46. The molecule has 3 rings (SSSR count). The van der Waals surface area contributed by atoms with Gasteiger partial charge in [0, 0.05) is 31.4 Å². The summed E-state index contributed by atoms with van der Waals surface area (Å²) >= 11 is 6.09. The summed E-state index contributed by atoms with van der Waals surface area (Å²) in [4.78, 5) is 38.9. The largest absolute Gasteiger partial charge is 0.480 e. The molecule has 0 aromatic carbocycles. The summed E-state index contributed by atoms with van der Waals surface area (Å²) in [7, 11) is 0. The molecular formula is C18H22ClF3N4O5. The Morgan fingerprint density at radius 2 is 1.90 bits per heavy atom. The first kappa shape index (κ1) is 23.2. The Balaban J connectivity index is 1.67. The molecule has 0 bridgehead atoms. The van der Waals surface area contributed by atoms with E-state index in [4.69, 9.17) is 16.7 Å². The standard InChI is InChI=1S/C18H22ClF3N4O5/c1-11(18(20,21)22)31-16(30)24-7-4-17(5-8-24)3-2-6-26(17)15(29)14-12(19)9-25(23-14)10-13(27)28/h9,11H,2-8,10H2,1H3,(H,27,28). The number of halogens is 4. The summed E-state index contributed by atoms with van der Waals surface area (Å²) in [5, 5.41) is 12.9. The number of carbonyl (C=O) groups excluding carboxylic acids is 2. The predicted octanol–water partition coefficient (Wildman–Crippen LogP) is 2.78. The normalized spacial score (nSPS) is 19.5. The van der Waals surface area contributed by atoms with Gasteiger partial charge in [-0.25, -0.2) is 4.79 Å². The number of alkyl halides is 3. The van der Waals surface area contributed by atoms with Crippen molar-refractivity contribution in [1.29, 1.82) is 0 Å². The van der Waals surface area contributed by atoms with E-state index in [1.54, 1.807) is 4.90 Å². The zero-order valence-corrected chi connectivity index (χ0v) is 17.4. The van der Waals surface area contributed by atoms with Gasteiger partial charge >= 0.3 is 18.2 Å². The highest BCUT2D eigenvalue weighted by molar-refractivity contribution is 6.33. The first-order valence-electron chi connectivity index (χ1n) is 9.72. The molecule has 1 aromatic rings. The Hall–Kier alpha value is -2.50. The number of piperidine rings is 1. The minimum absolute atomic E-state index is 0.0375. The van der Waals surface area contributed by atoms with Crippen LogP contribution in [0.1, 0.15) is 43.1 Å². The van der Waals surface area contributed by atoms with Crippen LogP contribution >= 0.6 is 11.6 Å². The molecule has 0 radical (unpaired) electrons. The quantitative estimate of drug-likeness (QED) is 0.731. The van der Waals surface area contributed by atoms with Crippen molar-refractivity contribution in [2.24, 2.45) is 0 Å². The van der Waals surface area contributed by atoms with Crippen molar-refractivity contribution in [2.45, 2.75) is 57.0 Å². The van der Waals surface area contributed by atoms with Crippen LogP contribution in [0.25, 0.3) is 0 Å². The van der Waals surface area contributed by atoms with Gasteiger partial charge in [-0.3, -0.25) is 14.3 Å². The van der Waals surface area contributed by atoms with E-state index in [-0.39, 0.29) is 23.8 Å². The minimum atomic E-state index is -4.63. The first-order chi connectivity index (χ1) is 14.4. The van der Waals surface area contributed by atoms with E-state index < -0.39 is 42.3 Å². The fourth-order valence-electron chi connectivity index (χ4n) is 4.06. The molecule has 2 amide bonds. The highest BCUT2D eigenvalue weighted by Crippen LogP contribution is 2.40. The second-order valence-corrected chi connectivity index (χ2v) is 8.16. The lowest BCUT2D eigenvalue weighted by molar-refractivity contribution is -0.200. The lowest BCUT2D eigenvalue weighted by atomic mass is 9.85. The second kappa shape index (κ2) is 8.56. The monoisotopic (exact) mass is 466 g/mol. The smallest absolute Gasteiger partial charge is 0.425 e. The van der Waals surface area contributed by atoms with Gasteiger partial charge in [0.25, 0.3) is 5.91 Å². The number of hydrogen-bond acceptors (Lipinski definition) is 5. The van der Waals surface area contributed by atoms with Crippen molar-refractivity contribution in [2.75, 3.05) is 19.6 Å². The van der Waals surface area contributed by atoms with Crippen molar-refractivity contribution >= 4 is 29.6 Å². The van der Waals surface area contributed by atoms with E-state index in [2.05, 4.69) is 9.84 Å². The van der Waals surface area contributed by atoms with Crippen LogP contribution < -0.4 is 0 Å². The molecule has 1 unspecified atom stereocenters. The number of aromatic nitrogens is 2. The Morgan fingerprint density at radius 1 is 1.26 bits per heavy atom. The molecule has 13 heteroatoms. The molecular weight excluding hydrogens is 445 g/mol. The average molecular weight is 467 g/mol. The number of rotatable bonds is 4. The number of carboxylic acid groups (broad SMARTS) is 1. The zero-order valence-electron chi connectivity index (χ0n) is 16.7. The third-order valence-corrected chi connectivity index (χ3v) is 6.03. The van der Waals surface area contributed by atoms with Crippen LogP contribution in [0.2, 0.25) is 5.02 Å². The van der Waals surface area contributed by atoms with E-state index in [9.17, 15) is 27.6 Å². The Bertz CT molecular complexity index is 867. The molecule has 2 fully saturated rings. The van der Waals surface area contributed by atoms with Crippen molar-refractivity contribution in [3.05, 3.63) is 16.9 Å². The maximum Gasteiger partial charge on any atom is 0.425 e. The third-order valence-electron chi connectivity index (χ3n) is 5.75. The van der Waals surface area contributed by atoms with E-state index in [1.165, 1.54) is 11.1 Å². The van der Waals surface area contributed by atoms with Gasteiger partial charge in [-0.15, -0.1) is 0 Å². The molecule has 1 spiro atoms. The van der Waals surface area contributed by atoms with Crippen LogP contribution in [-0.4, -0.2) is 80.1 Å². The van der Waals surface area contributed by atoms with Crippen LogP contribution in [0.15, 0.2) is 6.20 Å². The lowest BCUT2D eigenvalue weighted by Gasteiger charge is -2.44. The Kier molecular flexibility index (Phi) is 6.40. The number of likely N-dealkylation sites (tertiary alicyclic amines) is 2. The van der Waals surface area contributed by atoms with Crippen LogP contribution in [0.5, 0.6) is 0 Å². The van der Waals surface area contributed by atoms with Gasteiger partial charge in [-0.2, -0.15) is 18.3 Å². The molecule has 172 valence electrons. The summed E-state index contributed by atoms with van der Waals surface area (Å²) in [5.74, 6) is -1.57. The number of carbonyl (C=O) groups is 3. The minimum Gasteiger partial charge on any atom is -0.480 e. The summed E-state index contributed by atoms with van der Waals surface area (Å²) in [6, 6.07) is 0. The molecule has 0 aliphatic carbocycles. The highest BCUT2D eigenvalue weighted by atomic mass is 35.5. The molecule has 3 heterocycles. The van der Waals surface area contributed by atoms with Gasteiger partial charge in [0.05, 0.1) is 5.02 Å². The number of amides is 2. The molecule has 2 aliphatic rings. The van der Waals surface area contributed by atoms with E-state index in [0.29, 0.717) is 25.8 Å². The number of aliphatic carboxylic acids is 1. The molecule has 31 heavy (non-hydrogen) atoms. The van der Waals surface area contributed by atoms with Crippen molar-refractivity contribution in [3.8, 4) is 0 Å². The lowest BCUT2D eigenvalue weighted by Crippen LogP contribution is -2.55. The summed E-state index contributed by atoms with van der Waals surface area (Å²) in [5.41, 5.74) is -0.617. The van der Waals surface area contributed by atoms with Gasteiger partial charge in [0.2, 0.25) is 0 Å². The molecule has 1 N–H and O–H groups in total. The summed E-state index contributed by atoms with van der Waals surface area (Å²) in [6.45, 7) is 1.07. The molecule has 0 saturated carbocycles. The van der Waals surface area contributed by atoms with Gasteiger partial charge < -0.3 is 19.6 Å². The fraction of sp³-hybridized carbons (Fsp3) is 0.667. The predicted molar refractivity (Wildman–Crippen MR) is 101 cm³/mol. The second-order valence-electron chi connectivity index (χ2n) is 7.76. The fourth-order valence-corrected chi connectivity index (χ4v) is 4.29. The van der Waals surface area contributed by atoms with Gasteiger partial charge in [0.15, 0.2) is 11.8 Å². The topological polar surface area (TPSA) is 105 Å². The van der Waals surface area contributed by atoms with Gasteiger partial charge in [-0.1, -0.05) is 11.6 Å². The van der Waals surface area contributed by atoms with E-state index in [1.807, 2.05) is 0 Å². The molecule has 2 saturated heterocycles. The van der Waals surface area contributed by atoms with Gasteiger partial charge in [-0.05, 0) is 32.6 Å². The SMILES string of the molecule is CC(OC(=O)N1CCC2(CCCN2C(=O)c2nn(CC(=O)O)cc2Cl)CC1)C(F)(F)F. The molecule has 2 aliphatic heterocycles. The van der Waals surface area contributed by atoms with Crippen molar-refractivity contribution in [1.82, 2.24) is 19.6 Å². The number of hydrogen-bond donors (Lipinski definition) is 1. The Morgan fingerprint density at radius 3 is 2.48 bits per heavy atom. The number of carboxylic acids is 1. The maximum atomic E-state index is 13.1. The molecule has 9 nitrogen and oxygen atoms in total. The zero-order chi connectivity index (χ0) is 23.0. The van der Waals surface area contributed by atoms with E-state index >= 15 is 0 Å². The average Bonchev–Trinajstić information content (AvgIpc) is 3.23. The van der Waals surface area contributed by atoms with Crippen LogP contribution in [0.3, 0.4) is 0 Å². The molecule has 1 atom stereocenters. The van der Waals surface area contributed by atoms with Crippen molar-refractivity contribution < 1.29 is 37.4 Å². The van der Waals surface area contributed by atoms with Crippen LogP contribution in [0, 0.1) is 0 Å².